The van der Waals surface area contributed by atoms with Crippen LogP contribution in [0.3, 0.4) is 0 Å². The van der Waals surface area contributed by atoms with Gasteiger partial charge in [-0.2, -0.15) is 0 Å². The van der Waals surface area contributed by atoms with E-state index in [0.717, 1.165) is 6.07 Å². The summed E-state index contributed by atoms with van der Waals surface area (Å²) in [5, 5.41) is 0. The molecule has 1 aromatic carbocycles. The standard InChI is InChI=1S/C12H14F2O2.C2H6/c1-7-5-8(10(14)6-9(7)13)11(15)16-12(2,3)4;1-2/h5-6H,1-4H3;1-2H3. The highest BCUT2D eigenvalue weighted by atomic mass is 19.1. The summed E-state index contributed by atoms with van der Waals surface area (Å²) in [6, 6.07) is 1.84. The summed E-state index contributed by atoms with van der Waals surface area (Å²) < 4.78 is 31.3. The zero-order chi connectivity index (χ0) is 14.5. The molecule has 0 heterocycles. The van der Waals surface area contributed by atoms with Crippen LogP contribution >= 0.6 is 0 Å². The first kappa shape index (κ1) is 16.6. The number of ether oxygens (including phenoxy) is 1. The van der Waals surface area contributed by atoms with E-state index >= 15 is 0 Å². The van der Waals surface area contributed by atoms with Crippen LogP contribution in [-0.4, -0.2) is 11.6 Å². The number of halogens is 2. The third kappa shape index (κ3) is 4.82. The van der Waals surface area contributed by atoms with Gasteiger partial charge in [-0.1, -0.05) is 13.8 Å². The lowest BCUT2D eigenvalue weighted by Crippen LogP contribution is -2.24. The molecular weight excluding hydrogens is 238 g/mol. The Labute approximate surface area is 107 Å². The molecule has 1 rings (SSSR count). The Bertz CT molecular complexity index is 421. The molecule has 0 radical (unpaired) electrons. The lowest BCUT2D eigenvalue weighted by molar-refractivity contribution is 0.00645. The molecule has 4 heteroatoms. The number of aryl methyl sites for hydroxylation is 1. The molecule has 0 aromatic heterocycles. The smallest absolute Gasteiger partial charge is 0.341 e. The van der Waals surface area contributed by atoms with Crippen molar-refractivity contribution in [3.63, 3.8) is 0 Å². The summed E-state index contributed by atoms with van der Waals surface area (Å²) >= 11 is 0. The SMILES string of the molecule is CC.Cc1cc(C(=O)OC(C)(C)C)c(F)cc1F. The fourth-order valence-corrected chi connectivity index (χ4v) is 1.15. The van der Waals surface area contributed by atoms with Crippen molar-refractivity contribution in [1.82, 2.24) is 0 Å². The Morgan fingerprint density at radius 2 is 1.61 bits per heavy atom. The van der Waals surface area contributed by atoms with E-state index in [2.05, 4.69) is 0 Å². The fourth-order valence-electron chi connectivity index (χ4n) is 1.15. The summed E-state index contributed by atoms with van der Waals surface area (Å²) in [6.07, 6.45) is 0. The summed E-state index contributed by atoms with van der Waals surface area (Å²) in [6.45, 7) is 10.5. The van der Waals surface area contributed by atoms with Crippen LogP contribution in [0.4, 0.5) is 8.78 Å². The van der Waals surface area contributed by atoms with Crippen molar-refractivity contribution in [3.8, 4) is 0 Å². The van der Waals surface area contributed by atoms with Gasteiger partial charge in [-0.3, -0.25) is 0 Å². The Morgan fingerprint density at radius 1 is 1.11 bits per heavy atom. The van der Waals surface area contributed by atoms with Crippen LogP contribution < -0.4 is 0 Å². The van der Waals surface area contributed by atoms with Crippen molar-refractivity contribution in [2.75, 3.05) is 0 Å². The predicted octanol–water partition coefficient (Wildman–Crippen LogP) is 4.25. The second-order valence-electron chi connectivity index (χ2n) is 4.58. The highest BCUT2D eigenvalue weighted by Gasteiger charge is 2.21. The minimum atomic E-state index is -0.905. The first-order valence-electron chi connectivity index (χ1n) is 5.90. The number of benzene rings is 1. The zero-order valence-corrected chi connectivity index (χ0v) is 11.7. The molecule has 0 saturated heterocycles. The molecule has 0 amide bonds. The van der Waals surface area contributed by atoms with Crippen LogP contribution in [0.15, 0.2) is 12.1 Å². The van der Waals surface area contributed by atoms with E-state index in [-0.39, 0.29) is 11.1 Å². The van der Waals surface area contributed by atoms with E-state index in [4.69, 9.17) is 4.74 Å². The third-order valence-corrected chi connectivity index (χ3v) is 1.87. The van der Waals surface area contributed by atoms with Gasteiger partial charge in [-0.05, 0) is 39.3 Å². The zero-order valence-electron chi connectivity index (χ0n) is 11.7. The van der Waals surface area contributed by atoms with Gasteiger partial charge >= 0.3 is 5.97 Å². The van der Waals surface area contributed by atoms with Crippen LogP contribution in [-0.2, 0) is 4.74 Å². The molecule has 0 saturated carbocycles. The largest absolute Gasteiger partial charge is 0.456 e. The van der Waals surface area contributed by atoms with Crippen LogP contribution in [0.5, 0.6) is 0 Å². The number of rotatable bonds is 1. The van der Waals surface area contributed by atoms with Crippen molar-refractivity contribution in [3.05, 3.63) is 34.9 Å². The fraction of sp³-hybridized carbons (Fsp3) is 0.500. The predicted molar refractivity (Wildman–Crippen MR) is 67.6 cm³/mol. The Morgan fingerprint density at radius 3 is 2.06 bits per heavy atom. The maximum atomic E-state index is 13.3. The van der Waals surface area contributed by atoms with E-state index in [1.165, 1.54) is 6.92 Å². The van der Waals surface area contributed by atoms with Crippen molar-refractivity contribution < 1.29 is 18.3 Å². The molecule has 0 unspecified atom stereocenters. The minimum absolute atomic E-state index is 0.210. The number of hydrogen-bond donors (Lipinski definition) is 0. The first-order chi connectivity index (χ1) is 8.20. The number of esters is 1. The van der Waals surface area contributed by atoms with Crippen molar-refractivity contribution >= 4 is 5.97 Å². The molecule has 2 nitrogen and oxygen atoms in total. The van der Waals surface area contributed by atoms with E-state index in [9.17, 15) is 13.6 Å². The van der Waals surface area contributed by atoms with E-state index in [1.807, 2.05) is 13.8 Å². The van der Waals surface area contributed by atoms with E-state index in [1.54, 1.807) is 20.8 Å². The van der Waals surface area contributed by atoms with Gasteiger partial charge in [-0.25, -0.2) is 13.6 Å². The van der Waals surface area contributed by atoms with Crippen molar-refractivity contribution in [2.45, 2.75) is 47.1 Å². The summed E-state index contributed by atoms with van der Waals surface area (Å²) in [4.78, 5) is 11.6. The van der Waals surface area contributed by atoms with Gasteiger partial charge in [0.25, 0.3) is 0 Å². The maximum absolute atomic E-state index is 13.3. The molecule has 0 N–H and O–H groups in total. The average molecular weight is 258 g/mol. The highest BCUT2D eigenvalue weighted by molar-refractivity contribution is 5.90. The molecule has 0 atom stereocenters. The molecule has 1 aromatic rings. The van der Waals surface area contributed by atoms with Crippen LogP contribution in [0.1, 0.15) is 50.5 Å². The molecule has 0 bridgehead atoms. The maximum Gasteiger partial charge on any atom is 0.341 e. The van der Waals surface area contributed by atoms with Gasteiger partial charge < -0.3 is 4.74 Å². The third-order valence-electron chi connectivity index (χ3n) is 1.87. The van der Waals surface area contributed by atoms with E-state index < -0.39 is 23.2 Å². The Kier molecular flexibility index (Phi) is 5.95. The van der Waals surface area contributed by atoms with Gasteiger partial charge in [0.2, 0.25) is 0 Å². The average Bonchev–Trinajstić information content (AvgIpc) is 2.23. The lowest BCUT2D eigenvalue weighted by Gasteiger charge is -2.19. The molecule has 0 spiro atoms. The molecule has 102 valence electrons. The van der Waals surface area contributed by atoms with Gasteiger partial charge in [0.1, 0.15) is 17.2 Å². The Balaban J connectivity index is 0.00000137. The van der Waals surface area contributed by atoms with Gasteiger partial charge in [0, 0.05) is 6.07 Å². The summed E-state index contributed by atoms with van der Waals surface area (Å²) in [5.41, 5.74) is -0.734. The summed E-state index contributed by atoms with van der Waals surface area (Å²) in [5.74, 6) is -2.37. The lowest BCUT2D eigenvalue weighted by atomic mass is 10.1. The number of carbonyl (C=O) groups is 1. The molecule has 0 aliphatic carbocycles. The number of carbonyl (C=O) groups excluding carboxylic acids is 1. The second kappa shape index (κ2) is 6.47. The molecule has 0 aliphatic heterocycles. The topological polar surface area (TPSA) is 26.3 Å². The highest BCUT2D eigenvalue weighted by Crippen LogP contribution is 2.18. The van der Waals surface area contributed by atoms with Crippen molar-refractivity contribution in [1.29, 1.82) is 0 Å². The quantitative estimate of drug-likeness (QED) is 0.704. The normalized spacial score (nSPS) is 10.4. The second-order valence-corrected chi connectivity index (χ2v) is 4.58. The summed E-state index contributed by atoms with van der Waals surface area (Å²) in [7, 11) is 0. The van der Waals surface area contributed by atoms with Crippen LogP contribution in [0.25, 0.3) is 0 Å². The van der Waals surface area contributed by atoms with Gasteiger partial charge in [0.15, 0.2) is 0 Å². The minimum Gasteiger partial charge on any atom is -0.456 e. The van der Waals surface area contributed by atoms with Crippen LogP contribution in [0.2, 0.25) is 0 Å². The van der Waals surface area contributed by atoms with Gasteiger partial charge in [-0.15, -0.1) is 0 Å². The van der Waals surface area contributed by atoms with Crippen molar-refractivity contribution in [2.24, 2.45) is 0 Å². The molecular formula is C14H20F2O2. The monoisotopic (exact) mass is 258 g/mol. The van der Waals surface area contributed by atoms with Crippen LogP contribution in [0, 0.1) is 18.6 Å². The molecule has 18 heavy (non-hydrogen) atoms. The Hall–Kier alpha value is -1.45. The number of hydrogen-bond acceptors (Lipinski definition) is 2. The first-order valence-corrected chi connectivity index (χ1v) is 5.90. The molecule has 0 aliphatic rings. The molecule has 0 fully saturated rings. The van der Waals surface area contributed by atoms with E-state index in [0.29, 0.717) is 6.07 Å². The van der Waals surface area contributed by atoms with Gasteiger partial charge in [0.05, 0.1) is 5.56 Å².